The fraction of sp³-hybridized carbons (Fsp3) is 0.464. The summed E-state index contributed by atoms with van der Waals surface area (Å²) in [7, 11) is 0. The van der Waals surface area contributed by atoms with Gasteiger partial charge in [-0.15, -0.1) is 0 Å². The van der Waals surface area contributed by atoms with Crippen LogP contribution < -0.4 is 0 Å². The van der Waals surface area contributed by atoms with E-state index >= 15 is 0 Å². The summed E-state index contributed by atoms with van der Waals surface area (Å²) in [4.78, 5) is 38.0. The molecule has 1 heterocycles. The normalized spacial score (nSPS) is 19.7. The van der Waals surface area contributed by atoms with E-state index in [4.69, 9.17) is 21.4 Å². The zero-order valence-electron chi connectivity index (χ0n) is 20.1. The molecule has 2 aromatic rings. The number of hydrogen-bond donors (Lipinski definition) is 1. The highest BCUT2D eigenvalue weighted by molar-refractivity contribution is 6.31. The minimum atomic E-state index is -0.763. The van der Waals surface area contributed by atoms with Crippen molar-refractivity contribution in [3.8, 4) is 0 Å². The number of benzene rings is 2. The molecule has 1 amide bonds. The summed E-state index contributed by atoms with van der Waals surface area (Å²) in [6.45, 7) is 3.05. The molecule has 1 saturated carbocycles. The molecule has 6 nitrogen and oxygen atoms in total. The lowest BCUT2D eigenvalue weighted by atomic mass is 9.85. The Morgan fingerprint density at radius 2 is 1.80 bits per heavy atom. The number of ketones is 1. The molecule has 0 saturated heterocycles. The number of aryl methyl sites for hydroxylation is 1. The molecule has 0 radical (unpaired) electrons. The molecule has 0 bridgehead atoms. The first-order chi connectivity index (χ1) is 16.8. The van der Waals surface area contributed by atoms with Crippen molar-refractivity contribution in [1.82, 2.24) is 4.90 Å². The molecule has 2 aromatic carbocycles. The van der Waals surface area contributed by atoms with Crippen molar-refractivity contribution in [1.29, 1.82) is 0 Å². The first kappa shape index (κ1) is 25.2. The maximum absolute atomic E-state index is 12.7. The second-order valence-electron chi connectivity index (χ2n) is 9.89. The fourth-order valence-corrected chi connectivity index (χ4v) is 5.39. The summed E-state index contributed by atoms with van der Waals surface area (Å²) >= 11 is 6.28. The number of ether oxygens (including phenoxy) is 1. The van der Waals surface area contributed by atoms with E-state index in [0.29, 0.717) is 31.0 Å². The van der Waals surface area contributed by atoms with Crippen molar-refractivity contribution >= 4 is 29.4 Å². The lowest BCUT2D eigenvalue weighted by Gasteiger charge is -2.32. The Morgan fingerprint density at radius 1 is 1.03 bits per heavy atom. The van der Waals surface area contributed by atoms with Crippen LogP contribution in [0.3, 0.4) is 0 Å². The lowest BCUT2D eigenvalue weighted by molar-refractivity contribution is -0.138. The van der Waals surface area contributed by atoms with Crippen molar-refractivity contribution in [2.24, 2.45) is 5.92 Å². The summed E-state index contributed by atoms with van der Waals surface area (Å²) in [5.74, 6) is -0.463. The molecule has 0 unspecified atom stereocenters. The standard InChI is InChI=1S/C28H32ClNO5/c1-18-2-6-22(26(29)12-18)16-24(31)14-20-3-7-23-17-30(11-10-21(23)13-20)28(34)35-25-8-4-19(5-9-25)15-27(32)33/h2-3,6-7,12-13,19,25H,4-5,8-11,14-17H2,1H3,(H,32,33). The van der Waals surface area contributed by atoms with E-state index in [1.54, 1.807) is 4.90 Å². The van der Waals surface area contributed by atoms with E-state index < -0.39 is 5.97 Å². The van der Waals surface area contributed by atoms with Gasteiger partial charge in [-0.25, -0.2) is 4.79 Å². The number of carbonyl (C=O) groups excluding carboxylic acids is 2. The van der Waals surface area contributed by atoms with Crippen LogP contribution in [0, 0.1) is 12.8 Å². The monoisotopic (exact) mass is 497 g/mol. The highest BCUT2D eigenvalue weighted by Gasteiger charge is 2.28. The van der Waals surface area contributed by atoms with Gasteiger partial charge in [-0.05, 0) is 78.8 Å². The van der Waals surface area contributed by atoms with Gasteiger partial charge in [-0.2, -0.15) is 0 Å². The topological polar surface area (TPSA) is 83.9 Å². The molecule has 186 valence electrons. The van der Waals surface area contributed by atoms with Crippen LogP contribution in [0.4, 0.5) is 4.79 Å². The van der Waals surface area contributed by atoms with Gasteiger partial charge in [-0.3, -0.25) is 9.59 Å². The molecule has 1 aliphatic heterocycles. The van der Waals surface area contributed by atoms with Gasteiger partial charge in [-0.1, -0.05) is 41.9 Å². The van der Waals surface area contributed by atoms with Crippen molar-refractivity contribution in [3.63, 3.8) is 0 Å². The third-order valence-corrected chi connectivity index (χ3v) is 7.42. The second-order valence-corrected chi connectivity index (χ2v) is 10.3. The number of hydrogen-bond acceptors (Lipinski definition) is 4. The Morgan fingerprint density at radius 3 is 2.51 bits per heavy atom. The van der Waals surface area contributed by atoms with Crippen molar-refractivity contribution in [2.45, 2.75) is 70.9 Å². The lowest BCUT2D eigenvalue weighted by Crippen LogP contribution is -2.39. The van der Waals surface area contributed by atoms with Crippen LogP contribution in [0.15, 0.2) is 36.4 Å². The summed E-state index contributed by atoms with van der Waals surface area (Å²) < 4.78 is 5.73. The predicted molar refractivity (Wildman–Crippen MR) is 134 cm³/mol. The van der Waals surface area contributed by atoms with Crippen LogP contribution in [0.1, 0.15) is 59.9 Å². The molecule has 35 heavy (non-hydrogen) atoms. The average molecular weight is 498 g/mol. The predicted octanol–water partition coefficient (Wildman–Crippen LogP) is 5.53. The molecule has 4 rings (SSSR count). The minimum absolute atomic E-state index is 0.120. The van der Waals surface area contributed by atoms with Gasteiger partial charge >= 0.3 is 12.1 Å². The number of rotatable bonds is 7. The van der Waals surface area contributed by atoms with Crippen molar-refractivity contribution in [3.05, 3.63) is 69.2 Å². The third-order valence-electron chi connectivity index (χ3n) is 7.06. The first-order valence-corrected chi connectivity index (χ1v) is 12.7. The molecule has 0 spiro atoms. The molecule has 0 aromatic heterocycles. The van der Waals surface area contributed by atoms with Crippen LogP contribution in [-0.4, -0.2) is 40.5 Å². The number of nitrogens with zero attached hydrogens (tertiary/aromatic N) is 1. The number of aliphatic carboxylic acids is 1. The molecule has 7 heteroatoms. The Bertz CT molecular complexity index is 1110. The third kappa shape index (κ3) is 6.85. The maximum Gasteiger partial charge on any atom is 0.410 e. The summed E-state index contributed by atoms with van der Waals surface area (Å²) in [6.07, 6.45) is 4.16. The summed E-state index contributed by atoms with van der Waals surface area (Å²) in [5.41, 5.74) is 5.15. The van der Waals surface area contributed by atoms with Crippen LogP contribution in [0.25, 0.3) is 0 Å². The first-order valence-electron chi connectivity index (χ1n) is 12.3. The van der Waals surface area contributed by atoms with Crippen LogP contribution in [0.5, 0.6) is 0 Å². The van der Waals surface area contributed by atoms with E-state index in [-0.39, 0.29) is 30.3 Å². The van der Waals surface area contributed by atoms with Gasteiger partial charge in [0.25, 0.3) is 0 Å². The van der Waals surface area contributed by atoms with Gasteiger partial charge in [0, 0.05) is 37.4 Å². The molecule has 0 atom stereocenters. The van der Waals surface area contributed by atoms with Crippen LogP contribution in [0.2, 0.25) is 5.02 Å². The minimum Gasteiger partial charge on any atom is -0.481 e. The van der Waals surface area contributed by atoms with Crippen LogP contribution >= 0.6 is 11.6 Å². The number of carbonyl (C=O) groups is 3. The molecule has 1 N–H and O–H groups in total. The quantitative estimate of drug-likeness (QED) is 0.543. The van der Waals surface area contributed by atoms with E-state index in [2.05, 4.69) is 6.07 Å². The Labute approximate surface area is 211 Å². The number of amides is 1. The summed E-state index contributed by atoms with van der Waals surface area (Å²) in [5, 5.41) is 9.58. The van der Waals surface area contributed by atoms with Gasteiger partial charge in [0.1, 0.15) is 11.9 Å². The Hall–Kier alpha value is -2.86. The van der Waals surface area contributed by atoms with E-state index in [1.807, 2.05) is 37.3 Å². The van der Waals surface area contributed by atoms with E-state index in [1.165, 1.54) is 5.56 Å². The zero-order chi connectivity index (χ0) is 24.9. The van der Waals surface area contributed by atoms with Gasteiger partial charge in [0.15, 0.2) is 0 Å². The molecule has 1 fully saturated rings. The SMILES string of the molecule is Cc1ccc(CC(=O)Cc2ccc3c(c2)CCN(C(=O)OC2CCC(CC(=O)O)CC2)C3)c(Cl)c1. The molecule has 1 aliphatic carbocycles. The van der Waals surface area contributed by atoms with Crippen molar-refractivity contribution < 1.29 is 24.2 Å². The Balaban J connectivity index is 1.28. The molecule has 2 aliphatic rings. The van der Waals surface area contributed by atoms with Gasteiger partial charge in [0.05, 0.1) is 0 Å². The van der Waals surface area contributed by atoms with E-state index in [9.17, 15) is 14.4 Å². The maximum atomic E-state index is 12.7. The van der Waals surface area contributed by atoms with Crippen LogP contribution in [-0.2, 0) is 40.1 Å². The fourth-order valence-electron chi connectivity index (χ4n) is 5.09. The number of fused-ring (bicyclic) bond motifs is 1. The highest BCUT2D eigenvalue weighted by atomic mass is 35.5. The average Bonchev–Trinajstić information content (AvgIpc) is 2.81. The Kier molecular flexibility index (Phi) is 8.11. The number of carboxylic acid groups (broad SMARTS) is 1. The summed E-state index contributed by atoms with van der Waals surface area (Å²) in [6, 6.07) is 11.8. The van der Waals surface area contributed by atoms with Gasteiger partial charge < -0.3 is 14.7 Å². The van der Waals surface area contributed by atoms with Gasteiger partial charge in [0.2, 0.25) is 0 Å². The number of Topliss-reactive ketones (excluding diaryl/α,β-unsaturated/α-hetero) is 1. The zero-order valence-corrected chi connectivity index (χ0v) is 20.9. The number of halogens is 1. The number of carboxylic acids is 1. The molecular formula is C28H32ClNO5. The second kappa shape index (κ2) is 11.3. The largest absolute Gasteiger partial charge is 0.481 e. The highest BCUT2D eigenvalue weighted by Crippen LogP contribution is 2.30. The smallest absolute Gasteiger partial charge is 0.410 e. The molecular weight excluding hydrogens is 466 g/mol. The van der Waals surface area contributed by atoms with E-state index in [0.717, 1.165) is 54.4 Å². The van der Waals surface area contributed by atoms with Crippen molar-refractivity contribution in [2.75, 3.05) is 6.54 Å².